The zero-order valence-electron chi connectivity index (χ0n) is 4.75. The number of alkyl halides is 6. The lowest BCUT2D eigenvalue weighted by molar-refractivity contribution is -0.176. The van der Waals surface area contributed by atoms with Crippen molar-refractivity contribution in [2.75, 3.05) is 0 Å². The Labute approximate surface area is 57.0 Å². The molecule has 1 radical (unpaired) electrons. The normalized spacial score (nSPS) is 13.3. The third-order valence-electron chi connectivity index (χ3n) is 0.574. The van der Waals surface area contributed by atoms with Crippen LogP contribution in [-0.4, -0.2) is 18.1 Å². The standard InChI is InChI=1S/C4HF6O/c5-3(6,7)1-2(11)4(8,9)10/h1H. The molecule has 0 aliphatic heterocycles. The Morgan fingerprint density at radius 2 is 1.36 bits per heavy atom. The molecule has 0 aromatic heterocycles. The number of carbonyl (C=O) groups excluding carboxylic acids is 1. The Morgan fingerprint density at radius 1 is 1.00 bits per heavy atom. The number of hydrogen-bond donors (Lipinski definition) is 0. The van der Waals surface area contributed by atoms with E-state index >= 15 is 0 Å². The molecule has 0 amide bonds. The van der Waals surface area contributed by atoms with Gasteiger partial charge in [-0.15, -0.1) is 0 Å². The molecule has 0 N–H and O–H groups in total. The van der Waals surface area contributed by atoms with E-state index in [1.807, 2.05) is 0 Å². The van der Waals surface area contributed by atoms with Gasteiger partial charge in [-0.25, -0.2) is 0 Å². The van der Waals surface area contributed by atoms with E-state index in [-0.39, 0.29) is 0 Å². The van der Waals surface area contributed by atoms with Crippen LogP contribution in [0.2, 0.25) is 0 Å². The van der Waals surface area contributed by atoms with Crippen LogP contribution in [0.4, 0.5) is 26.3 Å². The van der Waals surface area contributed by atoms with E-state index in [1.165, 1.54) is 0 Å². The van der Waals surface area contributed by atoms with E-state index in [0.29, 0.717) is 0 Å². The van der Waals surface area contributed by atoms with Gasteiger partial charge < -0.3 is 0 Å². The average Bonchev–Trinajstić information content (AvgIpc) is 1.56. The van der Waals surface area contributed by atoms with Crippen molar-refractivity contribution in [3.8, 4) is 0 Å². The highest BCUT2D eigenvalue weighted by Crippen LogP contribution is 2.25. The van der Waals surface area contributed by atoms with Crippen molar-refractivity contribution in [1.29, 1.82) is 0 Å². The van der Waals surface area contributed by atoms with Crippen LogP contribution < -0.4 is 0 Å². The molecule has 65 valence electrons. The zero-order valence-corrected chi connectivity index (χ0v) is 4.75. The van der Waals surface area contributed by atoms with Crippen LogP contribution in [0.1, 0.15) is 0 Å². The maximum atomic E-state index is 11.1. The van der Waals surface area contributed by atoms with Crippen LogP contribution in [0.3, 0.4) is 0 Å². The summed E-state index contributed by atoms with van der Waals surface area (Å²) in [6.45, 7) is 0. The fraction of sp³-hybridized carbons (Fsp3) is 0.500. The first kappa shape index (κ1) is 10.2. The van der Waals surface area contributed by atoms with Gasteiger partial charge in [-0.1, -0.05) is 0 Å². The molecule has 0 rings (SSSR count). The first-order valence-corrected chi connectivity index (χ1v) is 2.17. The van der Waals surface area contributed by atoms with Crippen molar-refractivity contribution >= 4 is 5.78 Å². The smallest absolute Gasteiger partial charge is 0.289 e. The van der Waals surface area contributed by atoms with Gasteiger partial charge in [0.05, 0.1) is 0 Å². The van der Waals surface area contributed by atoms with Gasteiger partial charge in [-0.05, 0) is 0 Å². The minimum atomic E-state index is -5.45. The minimum absolute atomic E-state index is 1.33. The molecule has 0 aliphatic carbocycles. The number of carbonyl (C=O) groups is 1. The molecule has 0 saturated carbocycles. The summed E-state index contributed by atoms with van der Waals surface area (Å²) < 4.78 is 66.5. The second kappa shape index (κ2) is 2.71. The molecule has 0 bridgehead atoms. The summed E-state index contributed by atoms with van der Waals surface area (Å²) in [7, 11) is 0. The van der Waals surface area contributed by atoms with Crippen LogP contribution in [0.25, 0.3) is 0 Å². The Morgan fingerprint density at radius 3 is 1.45 bits per heavy atom. The fourth-order valence-corrected chi connectivity index (χ4v) is 0.230. The summed E-state index contributed by atoms with van der Waals surface area (Å²) in [6.07, 6.45) is -12.0. The molecule has 0 aromatic rings. The minimum Gasteiger partial charge on any atom is -0.289 e. The van der Waals surface area contributed by atoms with E-state index in [0.717, 1.165) is 0 Å². The Bertz CT molecular complexity index is 153. The maximum absolute atomic E-state index is 11.1. The van der Waals surface area contributed by atoms with E-state index < -0.39 is 24.6 Å². The predicted molar refractivity (Wildman–Crippen MR) is 21.4 cm³/mol. The first-order chi connectivity index (χ1) is 4.63. The molecular formula is C4HF6O. The fourth-order valence-electron chi connectivity index (χ4n) is 0.230. The molecule has 1 nitrogen and oxygen atoms in total. The third-order valence-corrected chi connectivity index (χ3v) is 0.574. The van der Waals surface area contributed by atoms with Crippen molar-refractivity contribution in [2.45, 2.75) is 12.4 Å². The second-order valence-corrected chi connectivity index (χ2v) is 1.55. The van der Waals surface area contributed by atoms with Gasteiger partial charge in [-0.2, -0.15) is 26.3 Å². The van der Waals surface area contributed by atoms with E-state index in [2.05, 4.69) is 0 Å². The molecule has 0 aromatic carbocycles. The SMILES string of the molecule is O=C([CH]C(F)(F)F)C(F)(F)F. The number of halogens is 6. The van der Waals surface area contributed by atoms with Crippen molar-refractivity contribution < 1.29 is 31.1 Å². The molecule has 0 unspecified atom stereocenters. The van der Waals surface area contributed by atoms with Crippen LogP contribution in [0, 0.1) is 6.42 Å². The van der Waals surface area contributed by atoms with Crippen LogP contribution in [0.5, 0.6) is 0 Å². The van der Waals surface area contributed by atoms with Gasteiger partial charge in [0.15, 0.2) is 0 Å². The van der Waals surface area contributed by atoms with E-state index in [4.69, 9.17) is 0 Å². The number of hydrogen-bond acceptors (Lipinski definition) is 1. The van der Waals surface area contributed by atoms with Gasteiger partial charge in [0.25, 0.3) is 0 Å². The van der Waals surface area contributed by atoms with Gasteiger partial charge in [0, 0.05) is 0 Å². The second-order valence-electron chi connectivity index (χ2n) is 1.55. The monoisotopic (exact) mass is 179 g/mol. The van der Waals surface area contributed by atoms with Gasteiger partial charge in [0.2, 0.25) is 5.78 Å². The first-order valence-electron chi connectivity index (χ1n) is 2.17. The lowest BCUT2D eigenvalue weighted by Crippen LogP contribution is -2.29. The molecule has 11 heavy (non-hydrogen) atoms. The third kappa shape index (κ3) is 4.63. The molecule has 7 heteroatoms. The summed E-state index contributed by atoms with van der Waals surface area (Å²) >= 11 is 0. The zero-order chi connectivity index (χ0) is 9.28. The van der Waals surface area contributed by atoms with Crippen molar-refractivity contribution in [3.63, 3.8) is 0 Å². The molecule has 0 aliphatic rings. The molecule has 0 saturated heterocycles. The average molecular weight is 179 g/mol. The Hall–Kier alpha value is -0.750. The summed E-state index contributed by atoms with van der Waals surface area (Å²) in [5.41, 5.74) is 0. The van der Waals surface area contributed by atoms with Gasteiger partial charge in [-0.3, -0.25) is 4.79 Å². The largest absolute Gasteiger partial charge is 0.450 e. The van der Waals surface area contributed by atoms with Crippen molar-refractivity contribution in [3.05, 3.63) is 6.42 Å². The highest BCUT2D eigenvalue weighted by molar-refractivity contribution is 5.92. The highest BCUT2D eigenvalue weighted by atomic mass is 19.4. The van der Waals surface area contributed by atoms with Crippen LogP contribution in [0.15, 0.2) is 0 Å². The van der Waals surface area contributed by atoms with Crippen molar-refractivity contribution in [2.24, 2.45) is 0 Å². The lowest BCUT2D eigenvalue weighted by atomic mass is 10.3. The van der Waals surface area contributed by atoms with Crippen LogP contribution >= 0.6 is 0 Å². The molecular weight excluding hydrogens is 178 g/mol. The number of ketones is 1. The van der Waals surface area contributed by atoms with E-state index in [1.54, 1.807) is 0 Å². The molecule has 0 fully saturated rings. The van der Waals surface area contributed by atoms with Crippen LogP contribution in [-0.2, 0) is 4.79 Å². The molecule has 0 spiro atoms. The highest BCUT2D eigenvalue weighted by Gasteiger charge is 2.45. The number of rotatable bonds is 1. The van der Waals surface area contributed by atoms with E-state index in [9.17, 15) is 31.1 Å². The lowest BCUT2D eigenvalue weighted by Gasteiger charge is -2.06. The maximum Gasteiger partial charge on any atom is 0.450 e. The number of Topliss-reactive ketones (excluding diaryl/α,β-unsaturated/α-hetero) is 1. The van der Waals surface area contributed by atoms with Gasteiger partial charge >= 0.3 is 12.4 Å². The Balaban J connectivity index is 4.11. The quantitative estimate of drug-likeness (QED) is 0.561. The predicted octanol–water partition coefficient (Wildman–Crippen LogP) is 1.88. The molecule has 0 atom stereocenters. The summed E-state index contributed by atoms with van der Waals surface area (Å²) in [4.78, 5) is 9.58. The summed E-state index contributed by atoms with van der Waals surface area (Å²) in [5, 5.41) is 0. The summed E-state index contributed by atoms with van der Waals surface area (Å²) in [6, 6.07) is 0. The summed E-state index contributed by atoms with van der Waals surface area (Å²) in [5.74, 6) is -2.90. The van der Waals surface area contributed by atoms with Crippen molar-refractivity contribution in [1.82, 2.24) is 0 Å². The topological polar surface area (TPSA) is 17.1 Å². The Kier molecular flexibility index (Phi) is 2.52. The van der Waals surface area contributed by atoms with Gasteiger partial charge in [0.1, 0.15) is 6.42 Å². The molecule has 0 heterocycles.